The highest BCUT2D eigenvalue weighted by molar-refractivity contribution is 7.80. The van der Waals surface area contributed by atoms with Gasteiger partial charge in [0.2, 0.25) is 0 Å². The summed E-state index contributed by atoms with van der Waals surface area (Å²) in [6.07, 6.45) is 1.43. The van der Waals surface area contributed by atoms with Crippen LogP contribution in [0.4, 0.5) is 0 Å². The number of carbonyl (C=O) groups is 2. The highest BCUT2D eigenvalue weighted by Gasteiger charge is 2.25. The highest BCUT2D eigenvalue weighted by atomic mass is 35.5. The normalized spacial score (nSPS) is 13.9. The lowest BCUT2D eigenvalue weighted by Crippen LogP contribution is -2.51. The largest absolute Gasteiger partial charge is 0.487 e. The van der Waals surface area contributed by atoms with Gasteiger partial charge in [0, 0.05) is 10.6 Å². The topological polar surface area (TPSA) is 67.4 Å². The first kappa shape index (κ1) is 18.4. The predicted molar refractivity (Wildman–Crippen MR) is 104 cm³/mol. The first-order valence-corrected chi connectivity index (χ1v) is 8.64. The van der Waals surface area contributed by atoms with Crippen molar-refractivity contribution in [3.8, 4) is 5.75 Å². The van der Waals surface area contributed by atoms with Gasteiger partial charge in [-0.05, 0) is 42.1 Å². The third-order valence-corrected chi connectivity index (χ3v) is 4.42. The number of carbonyl (C=O) groups excluding carboxylic acids is 2. The highest BCUT2D eigenvalue weighted by Crippen LogP contribution is 2.28. The maximum atomic E-state index is 11.9. The Balaban J connectivity index is 1.76. The van der Waals surface area contributed by atoms with Crippen LogP contribution in [0.25, 0.3) is 6.08 Å². The molecule has 0 radical (unpaired) electrons. The molecule has 1 fully saturated rings. The van der Waals surface area contributed by atoms with Crippen molar-refractivity contribution in [2.24, 2.45) is 0 Å². The van der Waals surface area contributed by atoms with E-state index in [0.717, 1.165) is 5.56 Å². The monoisotopic (exact) mass is 406 g/mol. The van der Waals surface area contributed by atoms with Crippen molar-refractivity contribution in [2.45, 2.75) is 6.61 Å². The molecule has 0 bridgehead atoms. The molecule has 0 aromatic heterocycles. The number of nitrogens with one attached hydrogen (secondary N) is 2. The van der Waals surface area contributed by atoms with E-state index in [-0.39, 0.29) is 17.3 Å². The van der Waals surface area contributed by atoms with E-state index in [9.17, 15) is 9.59 Å². The smallest absolute Gasteiger partial charge is 0.263 e. The van der Waals surface area contributed by atoms with Gasteiger partial charge in [0.05, 0.1) is 5.02 Å². The lowest BCUT2D eigenvalue weighted by Gasteiger charge is -2.16. The van der Waals surface area contributed by atoms with E-state index in [1.165, 1.54) is 6.08 Å². The lowest BCUT2D eigenvalue weighted by atomic mass is 10.1. The zero-order valence-electron chi connectivity index (χ0n) is 13.2. The number of rotatable bonds is 4. The van der Waals surface area contributed by atoms with Crippen LogP contribution in [-0.4, -0.2) is 16.9 Å². The van der Waals surface area contributed by atoms with Crippen molar-refractivity contribution in [3.05, 3.63) is 69.2 Å². The van der Waals surface area contributed by atoms with Gasteiger partial charge in [0.1, 0.15) is 17.9 Å². The van der Waals surface area contributed by atoms with Gasteiger partial charge in [0.15, 0.2) is 5.11 Å². The van der Waals surface area contributed by atoms with Crippen LogP contribution in [0.2, 0.25) is 10.0 Å². The summed E-state index contributed by atoms with van der Waals surface area (Å²) in [5.74, 6) is -0.657. The van der Waals surface area contributed by atoms with Gasteiger partial charge in [-0.2, -0.15) is 0 Å². The second-order valence-electron chi connectivity index (χ2n) is 5.37. The average Bonchev–Trinajstić information content (AvgIpc) is 2.58. The Morgan fingerprint density at radius 3 is 2.35 bits per heavy atom. The molecule has 1 aliphatic heterocycles. The second-order valence-corrected chi connectivity index (χ2v) is 6.59. The Morgan fingerprint density at radius 1 is 1.00 bits per heavy atom. The van der Waals surface area contributed by atoms with Crippen LogP contribution in [0.15, 0.2) is 48.0 Å². The maximum absolute atomic E-state index is 11.9. The first-order chi connectivity index (χ1) is 12.4. The minimum absolute atomic E-state index is 0.0153. The zero-order chi connectivity index (χ0) is 18.7. The summed E-state index contributed by atoms with van der Waals surface area (Å²) in [5.41, 5.74) is 1.36. The molecule has 2 aromatic carbocycles. The SMILES string of the molecule is O=C1NC(=S)NC(=O)C1=Cc1ccc(OCc2ccccc2Cl)c(Cl)c1. The quantitative estimate of drug-likeness (QED) is 0.463. The number of thiocarbonyl (C=S) groups is 1. The van der Waals surface area contributed by atoms with Gasteiger partial charge < -0.3 is 4.74 Å². The molecule has 5 nitrogen and oxygen atoms in total. The van der Waals surface area contributed by atoms with Gasteiger partial charge >= 0.3 is 0 Å². The number of amides is 2. The van der Waals surface area contributed by atoms with Crippen LogP contribution >= 0.6 is 35.4 Å². The molecule has 2 amide bonds. The summed E-state index contributed by atoms with van der Waals surface area (Å²) < 4.78 is 5.69. The Bertz CT molecular complexity index is 922. The van der Waals surface area contributed by atoms with Gasteiger partial charge in [-0.3, -0.25) is 20.2 Å². The van der Waals surface area contributed by atoms with Crippen LogP contribution in [0.5, 0.6) is 5.75 Å². The lowest BCUT2D eigenvalue weighted by molar-refractivity contribution is -0.123. The molecule has 1 aliphatic rings. The van der Waals surface area contributed by atoms with Gasteiger partial charge in [-0.15, -0.1) is 0 Å². The summed E-state index contributed by atoms with van der Waals surface area (Å²) in [6.45, 7) is 0.266. The van der Waals surface area contributed by atoms with Crippen LogP contribution < -0.4 is 15.4 Å². The van der Waals surface area contributed by atoms with Crippen LogP contribution in [0.1, 0.15) is 11.1 Å². The summed E-state index contributed by atoms with van der Waals surface area (Å²) in [5, 5.41) is 5.68. The molecular formula is C18H12Cl2N2O3S. The van der Waals surface area contributed by atoms with E-state index >= 15 is 0 Å². The van der Waals surface area contributed by atoms with E-state index in [1.54, 1.807) is 24.3 Å². The molecule has 3 rings (SSSR count). The molecular weight excluding hydrogens is 395 g/mol. The average molecular weight is 407 g/mol. The maximum Gasteiger partial charge on any atom is 0.263 e. The van der Waals surface area contributed by atoms with Crippen LogP contribution in [0.3, 0.4) is 0 Å². The third-order valence-electron chi connectivity index (χ3n) is 3.55. The third kappa shape index (κ3) is 4.22. The number of hydrogen-bond acceptors (Lipinski definition) is 4. The molecule has 0 unspecified atom stereocenters. The second kappa shape index (κ2) is 7.86. The van der Waals surface area contributed by atoms with Crippen molar-refractivity contribution in [2.75, 3.05) is 0 Å². The van der Waals surface area contributed by atoms with Crippen molar-refractivity contribution in [1.82, 2.24) is 10.6 Å². The standard InChI is InChI=1S/C18H12Cl2N2O3S/c19-13-4-2-1-3-11(13)9-25-15-6-5-10(8-14(15)20)7-12-16(23)21-18(26)22-17(12)24/h1-8H,9H2,(H2,21,22,23,24,26). The molecule has 2 N–H and O–H groups in total. The van der Waals surface area contributed by atoms with Gasteiger partial charge in [-0.1, -0.05) is 47.5 Å². The van der Waals surface area contributed by atoms with Crippen molar-refractivity contribution in [1.29, 1.82) is 0 Å². The molecule has 26 heavy (non-hydrogen) atoms. The number of hydrogen-bond donors (Lipinski definition) is 2. The van der Waals surface area contributed by atoms with Crippen LogP contribution in [-0.2, 0) is 16.2 Å². The Morgan fingerprint density at radius 2 is 1.69 bits per heavy atom. The Kier molecular flexibility index (Phi) is 5.56. The van der Waals surface area contributed by atoms with E-state index in [2.05, 4.69) is 10.6 Å². The van der Waals surface area contributed by atoms with E-state index in [4.69, 9.17) is 40.2 Å². The van der Waals surface area contributed by atoms with Gasteiger partial charge in [-0.25, -0.2) is 0 Å². The fraction of sp³-hybridized carbons (Fsp3) is 0.0556. The minimum Gasteiger partial charge on any atom is -0.487 e. The minimum atomic E-state index is -0.561. The molecule has 1 saturated heterocycles. The number of benzene rings is 2. The Labute approximate surface area is 164 Å². The van der Waals surface area contributed by atoms with E-state index < -0.39 is 11.8 Å². The molecule has 0 saturated carbocycles. The van der Waals surface area contributed by atoms with Crippen LogP contribution in [0, 0.1) is 0 Å². The van der Waals surface area contributed by atoms with E-state index in [1.807, 2.05) is 18.2 Å². The number of halogens is 2. The summed E-state index contributed by atoms with van der Waals surface area (Å²) in [7, 11) is 0. The summed E-state index contributed by atoms with van der Waals surface area (Å²) in [4.78, 5) is 23.7. The molecule has 8 heteroatoms. The van der Waals surface area contributed by atoms with Crippen molar-refractivity contribution >= 4 is 58.4 Å². The van der Waals surface area contributed by atoms with Crippen molar-refractivity contribution < 1.29 is 14.3 Å². The zero-order valence-corrected chi connectivity index (χ0v) is 15.5. The molecule has 0 atom stereocenters. The Hall–Kier alpha value is -2.41. The molecule has 132 valence electrons. The van der Waals surface area contributed by atoms with Crippen molar-refractivity contribution in [3.63, 3.8) is 0 Å². The van der Waals surface area contributed by atoms with E-state index in [0.29, 0.717) is 21.4 Å². The molecule has 0 aliphatic carbocycles. The summed E-state index contributed by atoms with van der Waals surface area (Å²) in [6, 6.07) is 12.3. The molecule has 2 aromatic rings. The molecule has 1 heterocycles. The molecule has 0 spiro atoms. The summed E-state index contributed by atoms with van der Waals surface area (Å²) >= 11 is 17.1. The fourth-order valence-corrected chi connectivity index (χ4v) is 2.89. The first-order valence-electron chi connectivity index (χ1n) is 7.48. The van der Waals surface area contributed by atoms with Gasteiger partial charge in [0.25, 0.3) is 11.8 Å². The number of ether oxygens (including phenoxy) is 1. The fourth-order valence-electron chi connectivity index (χ4n) is 2.27. The predicted octanol–water partition coefficient (Wildman–Crippen LogP) is 3.49.